The molecule has 1 aromatic heterocycles. The molecular formula is C19H17ClN2O9S. The Bertz CT molecular complexity index is 1270. The van der Waals surface area contributed by atoms with Crippen LogP contribution in [0.3, 0.4) is 0 Å². The first-order valence-electron chi connectivity index (χ1n) is 9.38. The van der Waals surface area contributed by atoms with E-state index in [4.69, 9.17) is 16.1 Å². The number of aliphatic carboxylic acids is 1. The van der Waals surface area contributed by atoms with Gasteiger partial charge < -0.3 is 24.7 Å². The fraction of sp³-hybridized carbons (Fsp3) is 0.368. The number of fused-ring (bicyclic) bond motifs is 1. The average molecular weight is 485 g/mol. The molecule has 2 fully saturated rings. The van der Waals surface area contributed by atoms with Crippen molar-refractivity contribution < 1.29 is 42.6 Å². The molecule has 3 atom stereocenters. The van der Waals surface area contributed by atoms with Crippen molar-refractivity contribution in [2.45, 2.75) is 42.3 Å². The van der Waals surface area contributed by atoms with E-state index in [1.807, 2.05) is 0 Å². The van der Waals surface area contributed by atoms with Gasteiger partial charge in [-0.3, -0.25) is 9.59 Å². The lowest BCUT2D eigenvalue weighted by Crippen LogP contribution is -2.57. The maximum atomic E-state index is 13.0. The van der Waals surface area contributed by atoms with Crippen LogP contribution in [0.1, 0.15) is 41.6 Å². The molecule has 1 aromatic carbocycles. The number of carbonyl (C=O) groups excluding carboxylic acids is 2. The Morgan fingerprint density at radius 1 is 1.34 bits per heavy atom. The Morgan fingerprint density at radius 2 is 2.03 bits per heavy atom. The fourth-order valence-electron chi connectivity index (χ4n) is 4.12. The van der Waals surface area contributed by atoms with Crippen LogP contribution in [0, 0.1) is 0 Å². The second-order valence-electron chi connectivity index (χ2n) is 7.75. The number of phenolic OH excluding ortho intramolecular Hbond substituents is 2. The molecule has 2 aliphatic rings. The summed E-state index contributed by atoms with van der Waals surface area (Å²) in [4.78, 5) is 37.0. The van der Waals surface area contributed by atoms with E-state index in [1.165, 1.54) is 19.1 Å². The van der Waals surface area contributed by atoms with Crippen molar-refractivity contribution >= 4 is 39.1 Å². The summed E-state index contributed by atoms with van der Waals surface area (Å²) in [5, 5.41) is 30.9. The molecule has 2 saturated heterocycles. The van der Waals surface area contributed by atoms with Gasteiger partial charge in [-0.15, -0.1) is 0 Å². The van der Waals surface area contributed by atoms with Gasteiger partial charge in [0.25, 0.3) is 0 Å². The van der Waals surface area contributed by atoms with E-state index < -0.39 is 55.2 Å². The van der Waals surface area contributed by atoms with E-state index >= 15 is 0 Å². The summed E-state index contributed by atoms with van der Waals surface area (Å²) in [5.74, 6) is -3.52. The standard InChI is InChI=1S/C19H17ClN2O9S/c1-19(17(18(27)28)22-13(25)7-14(22)32(19,29)30)12-6-8(31-21-12)2-4-10(23)9-3-5-11(24)16(26)15(9)20/h3,5-6,14,17,24,26H,2,4,7H2,1H3,(H,27,28)/t14-,17+,19+/m1/s1. The summed E-state index contributed by atoms with van der Waals surface area (Å²) < 4.78 is 29.2. The van der Waals surface area contributed by atoms with Gasteiger partial charge in [0.2, 0.25) is 5.91 Å². The van der Waals surface area contributed by atoms with Crippen molar-refractivity contribution in [1.29, 1.82) is 0 Å². The number of aromatic nitrogens is 1. The van der Waals surface area contributed by atoms with Gasteiger partial charge in [-0.25, -0.2) is 13.2 Å². The first-order valence-corrected chi connectivity index (χ1v) is 11.3. The minimum absolute atomic E-state index is 0.0241. The number of sulfone groups is 1. The van der Waals surface area contributed by atoms with Crippen LogP contribution in [0.15, 0.2) is 22.7 Å². The third kappa shape index (κ3) is 2.89. The summed E-state index contributed by atoms with van der Waals surface area (Å²) in [6.45, 7) is 1.19. The van der Waals surface area contributed by atoms with Crippen molar-refractivity contribution in [2.75, 3.05) is 0 Å². The SMILES string of the molecule is C[C@]1(c2cc(CCC(=O)c3ccc(O)c(O)c3Cl)on2)[C@H](C(=O)O)N2C(=O)C[C@H]2S1(=O)=O. The number of carboxylic acid groups (broad SMARTS) is 1. The lowest BCUT2D eigenvalue weighted by atomic mass is 9.93. The molecule has 32 heavy (non-hydrogen) atoms. The lowest BCUT2D eigenvalue weighted by molar-refractivity contribution is -0.157. The number of phenols is 2. The summed E-state index contributed by atoms with van der Waals surface area (Å²) in [5.41, 5.74) is -0.198. The zero-order chi connectivity index (χ0) is 23.6. The molecule has 0 radical (unpaired) electrons. The molecule has 0 bridgehead atoms. The number of carbonyl (C=O) groups is 3. The number of amides is 1. The predicted octanol–water partition coefficient (Wildman–Crippen LogP) is 1.21. The van der Waals surface area contributed by atoms with Gasteiger partial charge in [0, 0.05) is 24.5 Å². The van der Waals surface area contributed by atoms with Gasteiger partial charge in [-0.05, 0) is 19.1 Å². The maximum absolute atomic E-state index is 13.0. The van der Waals surface area contributed by atoms with Crippen molar-refractivity contribution in [2.24, 2.45) is 0 Å². The van der Waals surface area contributed by atoms with Crippen LogP contribution < -0.4 is 0 Å². The number of benzene rings is 1. The fourth-order valence-corrected chi connectivity index (χ4v) is 6.76. The normalized spacial score (nSPS) is 25.9. The monoisotopic (exact) mass is 484 g/mol. The summed E-state index contributed by atoms with van der Waals surface area (Å²) in [7, 11) is -4.12. The van der Waals surface area contributed by atoms with Crippen molar-refractivity contribution in [1.82, 2.24) is 10.1 Å². The van der Waals surface area contributed by atoms with Crippen LogP contribution in [-0.2, 0) is 30.6 Å². The van der Waals surface area contributed by atoms with Crippen LogP contribution in [0.4, 0.5) is 0 Å². The molecule has 4 rings (SSSR count). The van der Waals surface area contributed by atoms with E-state index in [0.717, 1.165) is 11.0 Å². The highest BCUT2D eigenvalue weighted by Crippen LogP contribution is 2.51. The predicted molar refractivity (Wildman–Crippen MR) is 107 cm³/mol. The Balaban J connectivity index is 1.59. The molecule has 11 nitrogen and oxygen atoms in total. The van der Waals surface area contributed by atoms with E-state index in [9.17, 15) is 38.1 Å². The molecule has 2 aromatic rings. The molecule has 3 N–H and O–H groups in total. The number of ketones is 1. The maximum Gasteiger partial charge on any atom is 0.328 e. The number of aromatic hydroxyl groups is 2. The quantitative estimate of drug-likeness (QED) is 0.307. The van der Waals surface area contributed by atoms with E-state index in [-0.39, 0.29) is 41.3 Å². The molecule has 0 aliphatic carbocycles. The largest absolute Gasteiger partial charge is 0.504 e. The van der Waals surface area contributed by atoms with E-state index in [2.05, 4.69) is 5.16 Å². The summed E-state index contributed by atoms with van der Waals surface area (Å²) in [6.07, 6.45) is -0.470. The Kier molecular flexibility index (Phi) is 4.97. The number of rotatable bonds is 6. The number of hydrogen-bond acceptors (Lipinski definition) is 9. The van der Waals surface area contributed by atoms with Crippen LogP contribution in [0.5, 0.6) is 11.5 Å². The number of hydrogen-bond donors (Lipinski definition) is 3. The van der Waals surface area contributed by atoms with Crippen LogP contribution in [-0.4, -0.2) is 62.9 Å². The first-order chi connectivity index (χ1) is 14.9. The van der Waals surface area contributed by atoms with E-state index in [1.54, 1.807) is 0 Å². The second-order valence-corrected chi connectivity index (χ2v) is 10.6. The van der Waals surface area contributed by atoms with Crippen LogP contribution in [0.25, 0.3) is 0 Å². The number of Topliss-reactive ketones (excluding diaryl/α,β-unsaturated/α-hetero) is 1. The Labute approximate surface area is 186 Å². The molecular weight excluding hydrogens is 468 g/mol. The third-order valence-electron chi connectivity index (χ3n) is 5.99. The zero-order valence-corrected chi connectivity index (χ0v) is 18.1. The smallest absolute Gasteiger partial charge is 0.328 e. The van der Waals surface area contributed by atoms with Gasteiger partial charge in [0.15, 0.2) is 33.2 Å². The number of aryl methyl sites for hydroxylation is 1. The number of β-lactam (4-membered cyclic amide) rings is 1. The molecule has 0 spiro atoms. The van der Waals surface area contributed by atoms with E-state index in [0.29, 0.717) is 0 Å². The van der Waals surface area contributed by atoms with Crippen molar-refractivity contribution in [3.05, 3.63) is 40.2 Å². The Morgan fingerprint density at radius 3 is 2.66 bits per heavy atom. The molecule has 13 heteroatoms. The first kappa shape index (κ1) is 22.1. The lowest BCUT2D eigenvalue weighted by Gasteiger charge is -2.35. The average Bonchev–Trinajstić information content (AvgIpc) is 3.25. The van der Waals surface area contributed by atoms with Gasteiger partial charge in [-0.1, -0.05) is 16.8 Å². The molecule has 0 unspecified atom stereocenters. The Hall–Kier alpha value is -3.12. The van der Waals surface area contributed by atoms with Crippen LogP contribution in [0.2, 0.25) is 5.02 Å². The molecule has 3 heterocycles. The van der Waals surface area contributed by atoms with Gasteiger partial charge in [-0.2, -0.15) is 0 Å². The topological polar surface area (TPSA) is 175 Å². The molecule has 1 amide bonds. The zero-order valence-electron chi connectivity index (χ0n) is 16.5. The number of nitrogens with zero attached hydrogens (tertiary/aromatic N) is 2. The molecule has 2 aliphatic heterocycles. The number of halogens is 1. The highest BCUT2D eigenvalue weighted by atomic mass is 35.5. The highest BCUT2D eigenvalue weighted by molar-refractivity contribution is 7.93. The summed E-state index contributed by atoms with van der Waals surface area (Å²) >= 11 is 5.88. The van der Waals surface area contributed by atoms with Crippen molar-refractivity contribution in [3.63, 3.8) is 0 Å². The minimum atomic E-state index is -4.12. The van der Waals surface area contributed by atoms with Crippen LogP contribution >= 0.6 is 11.6 Å². The highest BCUT2D eigenvalue weighted by Gasteiger charge is 2.71. The molecule has 170 valence electrons. The second kappa shape index (κ2) is 7.20. The minimum Gasteiger partial charge on any atom is -0.504 e. The molecule has 0 saturated carbocycles. The summed E-state index contributed by atoms with van der Waals surface area (Å²) in [6, 6.07) is 1.96. The third-order valence-corrected chi connectivity index (χ3v) is 9.10. The van der Waals surface area contributed by atoms with Crippen molar-refractivity contribution in [3.8, 4) is 11.5 Å². The van der Waals surface area contributed by atoms with Gasteiger partial charge in [0.05, 0.1) is 11.4 Å². The number of carboxylic acids is 1. The van der Waals surface area contributed by atoms with Gasteiger partial charge >= 0.3 is 5.97 Å². The van der Waals surface area contributed by atoms with Gasteiger partial charge in [0.1, 0.15) is 21.6 Å².